The minimum absolute atomic E-state index is 0.335. The summed E-state index contributed by atoms with van der Waals surface area (Å²) in [6.45, 7) is 2.89. The number of rotatable bonds is 8. The van der Waals surface area contributed by atoms with Crippen molar-refractivity contribution in [2.45, 2.75) is 32.0 Å². The van der Waals surface area contributed by atoms with Crippen molar-refractivity contribution in [2.24, 2.45) is 0 Å². The zero-order chi connectivity index (χ0) is 21.8. The Kier molecular flexibility index (Phi) is 6.80. The lowest BCUT2D eigenvalue weighted by molar-refractivity contribution is 0.154. The smallest absolute Gasteiger partial charge is 0.204 e. The van der Waals surface area contributed by atoms with E-state index >= 15 is 0 Å². The molecule has 1 aliphatic heterocycles. The molecule has 1 atom stereocenters. The first-order chi connectivity index (χ1) is 15.1. The zero-order valence-corrected chi connectivity index (χ0v) is 19.0. The van der Waals surface area contributed by atoms with E-state index in [1.807, 2.05) is 6.07 Å². The van der Waals surface area contributed by atoms with Crippen LogP contribution in [-0.2, 0) is 13.1 Å². The summed E-state index contributed by atoms with van der Waals surface area (Å²) in [4.78, 5) is 7.18. The Hall–Kier alpha value is -2.55. The fourth-order valence-electron chi connectivity index (χ4n) is 4.11. The first kappa shape index (κ1) is 21.7. The van der Waals surface area contributed by atoms with Crippen LogP contribution in [0.15, 0.2) is 29.0 Å². The molecular formula is C23H29N3O4S. The van der Waals surface area contributed by atoms with Gasteiger partial charge in [-0.3, -0.25) is 0 Å². The fraction of sp³-hybridized carbons (Fsp3) is 0.435. The summed E-state index contributed by atoms with van der Waals surface area (Å²) < 4.78 is 16.8. The van der Waals surface area contributed by atoms with Gasteiger partial charge in [0.2, 0.25) is 5.75 Å². The molecule has 1 saturated heterocycles. The van der Waals surface area contributed by atoms with Gasteiger partial charge in [-0.25, -0.2) is 4.98 Å². The Labute approximate surface area is 186 Å². The molecule has 0 amide bonds. The largest absolute Gasteiger partial charge is 0.493 e. The van der Waals surface area contributed by atoms with Crippen LogP contribution >= 0.6 is 11.3 Å². The quantitative estimate of drug-likeness (QED) is 0.551. The van der Waals surface area contributed by atoms with Gasteiger partial charge in [-0.1, -0.05) is 0 Å². The Balaban J connectivity index is 1.77. The normalized spacial score (nSPS) is 16.5. The molecule has 1 aromatic carbocycles. The maximum absolute atomic E-state index is 10.2. The first-order valence-electron chi connectivity index (χ1n) is 10.4. The van der Waals surface area contributed by atoms with Crippen molar-refractivity contribution in [3.05, 3.63) is 40.1 Å². The number of aliphatic hydroxyl groups excluding tert-OH is 1. The Bertz CT molecular complexity index is 1030. The fourth-order valence-corrected chi connectivity index (χ4v) is 4.78. The SMILES string of the molecule is COc1cc2nc(N3CCC[C@H](O)C3)c(CNCc3ccsc3)cc2c(OC)c1OC. The molecule has 0 aliphatic carbocycles. The van der Waals surface area contributed by atoms with E-state index in [0.717, 1.165) is 48.2 Å². The molecule has 0 bridgehead atoms. The van der Waals surface area contributed by atoms with Crippen LogP contribution < -0.4 is 24.4 Å². The predicted molar refractivity (Wildman–Crippen MR) is 124 cm³/mol. The summed E-state index contributed by atoms with van der Waals surface area (Å²) in [7, 11) is 4.83. The van der Waals surface area contributed by atoms with Gasteiger partial charge in [0.25, 0.3) is 0 Å². The van der Waals surface area contributed by atoms with Gasteiger partial charge in [0.05, 0.1) is 33.0 Å². The van der Waals surface area contributed by atoms with Crippen LogP contribution in [0.2, 0.25) is 0 Å². The molecule has 0 unspecified atom stereocenters. The Morgan fingerprint density at radius 2 is 2.00 bits per heavy atom. The highest BCUT2D eigenvalue weighted by Gasteiger charge is 2.24. The second-order valence-corrected chi connectivity index (χ2v) is 8.44. The highest BCUT2D eigenvalue weighted by atomic mass is 32.1. The van der Waals surface area contributed by atoms with E-state index in [-0.39, 0.29) is 6.10 Å². The van der Waals surface area contributed by atoms with Gasteiger partial charge in [0.1, 0.15) is 5.82 Å². The number of nitrogens with one attached hydrogen (secondary N) is 1. The number of methoxy groups -OCH3 is 3. The summed E-state index contributed by atoms with van der Waals surface area (Å²) in [5.74, 6) is 2.62. The van der Waals surface area contributed by atoms with Crippen LogP contribution in [0.1, 0.15) is 24.0 Å². The van der Waals surface area contributed by atoms with E-state index < -0.39 is 0 Å². The standard InChI is InChI=1S/C23H29N3O4S/c1-28-20-10-19-18(21(29-2)22(20)30-3)9-16(12-24-11-15-6-8-31-14-15)23(25-19)26-7-4-5-17(27)13-26/h6,8-10,14,17,24,27H,4-5,7,11-13H2,1-3H3/t17-/m0/s1. The predicted octanol–water partition coefficient (Wildman–Crippen LogP) is 3.57. The molecule has 3 heterocycles. The van der Waals surface area contributed by atoms with Gasteiger partial charge < -0.3 is 29.5 Å². The van der Waals surface area contributed by atoms with E-state index in [9.17, 15) is 5.11 Å². The average molecular weight is 444 g/mol. The van der Waals surface area contributed by atoms with E-state index in [0.29, 0.717) is 30.3 Å². The highest BCUT2D eigenvalue weighted by molar-refractivity contribution is 7.07. The van der Waals surface area contributed by atoms with Crippen LogP contribution in [0, 0.1) is 0 Å². The lowest BCUT2D eigenvalue weighted by Gasteiger charge is -2.32. The second-order valence-electron chi connectivity index (χ2n) is 7.66. The van der Waals surface area contributed by atoms with E-state index in [4.69, 9.17) is 19.2 Å². The number of thiophene rings is 1. The number of hydrogen-bond acceptors (Lipinski definition) is 8. The topological polar surface area (TPSA) is 76.1 Å². The zero-order valence-electron chi connectivity index (χ0n) is 18.2. The van der Waals surface area contributed by atoms with Crippen LogP contribution in [0.25, 0.3) is 10.9 Å². The Morgan fingerprint density at radius 3 is 2.68 bits per heavy atom. The van der Waals surface area contributed by atoms with Crippen molar-refractivity contribution in [1.82, 2.24) is 10.3 Å². The number of benzene rings is 1. The van der Waals surface area contributed by atoms with E-state index in [1.165, 1.54) is 5.56 Å². The summed E-state index contributed by atoms with van der Waals surface area (Å²) in [5.41, 5.74) is 3.09. The maximum Gasteiger partial charge on any atom is 0.204 e. The molecule has 1 fully saturated rings. The molecule has 2 N–H and O–H groups in total. The molecule has 3 aromatic rings. The number of anilines is 1. The number of ether oxygens (including phenoxy) is 3. The molecule has 0 radical (unpaired) electrons. The van der Waals surface area contributed by atoms with Gasteiger partial charge in [0.15, 0.2) is 11.5 Å². The summed E-state index contributed by atoms with van der Waals surface area (Å²) in [5, 5.41) is 18.9. The van der Waals surface area contributed by atoms with Gasteiger partial charge in [-0.2, -0.15) is 11.3 Å². The molecule has 4 rings (SSSR count). The molecule has 166 valence electrons. The van der Waals surface area contributed by atoms with Gasteiger partial charge >= 0.3 is 0 Å². The van der Waals surface area contributed by atoms with Crippen molar-refractivity contribution in [2.75, 3.05) is 39.3 Å². The number of nitrogens with zero attached hydrogens (tertiary/aromatic N) is 2. The summed E-state index contributed by atoms with van der Waals surface area (Å²) in [6, 6.07) is 6.11. The number of β-amino-alcohol motifs (C(OH)–C–C–N with tert-alkyl or cyclic N) is 1. The highest BCUT2D eigenvalue weighted by Crippen LogP contribution is 2.44. The third-order valence-corrected chi connectivity index (χ3v) is 6.33. The number of hydrogen-bond donors (Lipinski definition) is 2. The monoisotopic (exact) mass is 443 g/mol. The average Bonchev–Trinajstić information content (AvgIpc) is 3.30. The molecule has 31 heavy (non-hydrogen) atoms. The van der Waals surface area contributed by atoms with Crippen molar-refractivity contribution in [1.29, 1.82) is 0 Å². The lowest BCUT2D eigenvalue weighted by Crippen LogP contribution is -2.39. The van der Waals surface area contributed by atoms with Crippen molar-refractivity contribution >= 4 is 28.1 Å². The first-order valence-corrected chi connectivity index (χ1v) is 11.4. The van der Waals surface area contributed by atoms with Gasteiger partial charge in [-0.15, -0.1) is 0 Å². The molecule has 0 spiro atoms. The Morgan fingerprint density at radius 1 is 1.16 bits per heavy atom. The van der Waals surface area contributed by atoms with Crippen molar-refractivity contribution in [3.8, 4) is 17.2 Å². The van der Waals surface area contributed by atoms with Crippen molar-refractivity contribution < 1.29 is 19.3 Å². The summed E-state index contributed by atoms with van der Waals surface area (Å²) >= 11 is 1.70. The van der Waals surface area contributed by atoms with E-state index in [2.05, 4.69) is 33.1 Å². The molecule has 7 nitrogen and oxygen atoms in total. The molecule has 0 saturated carbocycles. The third-order valence-electron chi connectivity index (χ3n) is 5.60. The molecule has 2 aromatic heterocycles. The molecule has 1 aliphatic rings. The summed E-state index contributed by atoms with van der Waals surface area (Å²) in [6.07, 6.45) is 1.44. The number of aromatic nitrogens is 1. The number of piperidine rings is 1. The van der Waals surface area contributed by atoms with Crippen LogP contribution in [0.3, 0.4) is 0 Å². The second kappa shape index (κ2) is 9.72. The lowest BCUT2D eigenvalue weighted by atomic mass is 10.1. The van der Waals surface area contributed by atoms with Crippen LogP contribution in [0.4, 0.5) is 5.82 Å². The minimum atomic E-state index is -0.335. The third kappa shape index (κ3) is 4.56. The van der Waals surface area contributed by atoms with Crippen molar-refractivity contribution in [3.63, 3.8) is 0 Å². The minimum Gasteiger partial charge on any atom is -0.493 e. The van der Waals surface area contributed by atoms with Gasteiger partial charge in [0, 0.05) is 43.2 Å². The van der Waals surface area contributed by atoms with E-state index in [1.54, 1.807) is 32.7 Å². The molecule has 8 heteroatoms. The van der Waals surface area contributed by atoms with Gasteiger partial charge in [-0.05, 0) is 41.3 Å². The molecular weight excluding hydrogens is 414 g/mol. The van der Waals surface area contributed by atoms with Crippen LogP contribution in [-0.4, -0.2) is 50.6 Å². The maximum atomic E-state index is 10.2. The number of fused-ring (bicyclic) bond motifs is 1. The number of aliphatic hydroxyl groups is 1. The van der Waals surface area contributed by atoms with Crippen LogP contribution in [0.5, 0.6) is 17.2 Å². The number of pyridine rings is 1.